The Kier molecular flexibility index (Phi) is 4.62. The third-order valence-corrected chi connectivity index (χ3v) is 4.43. The molecule has 1 aliphatic heterocycles. The number of hydrogen-bond donors (Lipinski definition) is 0. The van der Waals surface area contributed by atoms with Gasteiger partial charge in [0.25, 0.3) is 5.91 Å². The molecule has 1 saturated heterocycles. The highest BCUT2D eigenvalue weighted by Gasteiger charge is 2.35. The standard InChI is InChI=1S/C19H18N2O2S/c1-20-18(22)17(12-14-6-4-3-5-7-14)21(19(20)24)13-15-8-10-16(23-2)11-9-15/h3-12H,13H2,1-2H3/b17-12+. The van der Waals surface area contributed by atoms with E-state index in [-0.39, 0.29) is 5.91 Å². The maximum atomic E-state index is 12.5. The Morgan fingerprint density at radius 3 is 2.38 bits per heavy atom. The van der Waals surface area contributed by atoms with E-state index in [1.54, 1.807) is 14.2 Å². The number of carbonyl (C=O) groups excluding carboxylic acids is 1. The number of thiocarbonyl (C=S) groups is 1. The van der Waals surface area contributed by atoms with E-state index in [0.717, 1.165) is 16.9 Å². The normalized spacial score (nSPS) is 16.2. The van der Waals surface area contributed by atoms with Crippen LogP contribution >= 0.6 is 12.2 Å². The lowest BCUT2D eigenvalue weighted by Crippen LogP contribution is -2.29. The van der Waals surface area contributed by atoms with E-state index >= 15 is 0 Å². The molecule has 0 saturated carbocycles. The monoisotopic (exact) mass is 338 g/mol. The lowest BCUT2D eigenvalue weighted by atomic mass is 10.1. The Morgan fingerprint density at radius 2 is 1.75 bits per heavy atom. The predicted molar refractivity (Wildman–Crippen MR) is 98.3 cm³/mol. The summed E-state index contributed by atoms with van der Waals surface area (Å²) < 4.78 is 5.18. The van der Waals surface area contributed by atoms with Crippen molar-refractivity contribution < 1.29 is 9.53 Å². The SMILES string of the molecule is COc1ccc(CN2C(=S)N(C)C(=O)/C2=C\c2ccccc2)cc1. The lowest BCUT2D eigenvalue weighted by molar-refractivity contribution is -0.121. The molecule has 0 radical (unpaired) electrons. The molecule has 2 aromatic carbocycles. The Labute approximate surface area is 147 Å². The molecule has 0 spiro atoms. The molecule has 0 aliphatic carbocycles. The summed E-state index contributed by atoms with van der Waals surface area (Å²) >= 11 is 5.45. The van der Waals surface area contributed by atoms with Gasteiger partial charge in [-0.1, -0.05) is 42.5 Å². The summed E-state index contributed by atoms with van der Waals surface area (Å²) in [7, 11) is 3.34. The first-order chi connectivity index (χ1) is 11.6. The first kappa shape index (κ1) is 16.2. The molecule has 0 atom stereocenters. The molecule has 0 bridgehead atoms. The zero-order valence-corrected chi connectivity index (χ0v) is 14.4. The van der Waals surface area contributed by atoms with Gasteiger partial charge >= 0.3 is 0 Å². The molecule has 5 heteroatoms. The minimum Gasteiger partial charge on any atom is -0.497 e. The van der Waals surface area contributed by atoms with Gasteiger partial charge in [0.1, 0.15) is 11.4 Å². The number of methoxy groups -OCH3 is 1. The molecule has 1 aliphatic rings. The van der Waals surface area contributed by atoms with Crippen LogP contribution in [0.1, 0.15) is 11.1 Å². The van der Waals surface area contributed by atoms with Crippen LogP contribution in [-0.4, -0.2) is 35.0 Å². The molecule has 3 rings (SSSR count). The van der Waals surface area contributed by atoms with Crippen molar-refractivity contribution in [3.8, 4) is 5.75 Å². The smallest absolute Gasteiger partial charge is 0.276 e. The Morgan fingerprint density at radius 1 is 1.08 bits per heavy atom. The van der Waals surface area contributed by atoms with Crippen LogP contribution in [0, 0.1) is 0 Å². The minimum absolute atomic E-state index is 0.0858. The molecule has 4 nitrogen and oxygen atoms in total. The number of benzene rings is 2. The van der Waals surface area contributed by atoms with E-state index in [9.17, 15) is 4.79 Å². The lowest BCUT2D eigenvalue weighted by Gasteiger charge is -2.19. The van der Waals surface area contributed by atoms with Crippen LogP contribution in [-0.2, 0) is 11.3 Å². The molecule has 0 N–H and O–H groups in total. The summed E-state index contributed by atoms with van der Waals surface area (Å²) in [6.45, 7) is 0.539. The van der Waals surface area contributed by atoms with Gasteiger partial charge in [-0.3, -0.25) is 9.69 Å². The van der Waals surface area contributed by atoms with Crippen LogP contribution in [0.2, 0.25) is 0 Å². The van der Waals surface area contributed by atoms with Crippen molar-refractivity contribution in [1.29, 1.82) is 0 Å². The molecule has 24 heavy (non-hydrogen) atoms. The highest BCUT2D eigenvalue weighted by molar-refractivity contribution is 7.80. The van der Waals surface area contributed by atoms with Crippen molar-refractivity contribution in [2.45, 2.75) is 6.54 Å². The fourth-order valence-electron chi connectivity index (χ4n) is 2.57. The fourth-order valence-corrected chi connectivity index (χ4v) is 2.82. The minimum atomic E-state index is -0.0858. The average Bonchev–Trinajstić information content (AvgIpc) is 2.81. The van der Waals surface area contributed by atoms with Gasteiger partial charge in [0.2, 0.25) is 0 Å². The highest BCUT2D eigenvalue weighted by Crippen LogP contribution is 2.25. The maximum Gasteiger partial charge on any atom is 0.276 e. The van der Waals surface area contributed by atoms with E-state index in [2.05, 4.69) is 0 Å². The summed E-state index contributed by atoms with van der Waals surface area (Å²) in [5.41, 5.74) is 2.61. The topological polar surface area (TPSA) is 32.8 Å². The van der Waals surface area contributed by atoms with Gasteiger partial charge in [-0.25, -0.2) is 0 Å². The zero-order valence-electron chi connectivity index (χ0n) is 13.6. The fraction of sp³-hybridized carbons (Fsp3) is 0.158. The maximum absolute atomic E-state index is 12.5. The van der Waals surface area contributed by atoms with E-state index in [4.69, 9.17) is 17.0 Å². The van der Waals surface area contributed by atoms with Gasteiger partial charge in [0.15, 0.2) is 5.11 Å². The first-order valence-corrected chi connectivity index (χ1v) is 8.00. The van der Waals surface area contributed by atoms with E-state index < -0.39 is 0 Å². The van der Waals surface area contributed by atoms with Gasteiger partial charge in [0.05, 0.1) is 13.7 Å². The van der Waals surface area contributed by atoms with Gasteiger partial charge in [-0.05, 0) is 41.6 Å². The molecular weight excluding hydrogens is 320 g/mol. The Bertz CT molecular complexity index is 785. The molecule has 122 valence electrons. The van der Waals surface area contributed by atoms with Crippen LogP contribution in [0.15, 0.2) is 60.3 Å². The van der Waals surface area contributed by atoms with Crippen LogP contribution in [0.5, 0.6) is 5.75 Å². The van der Waals surface area contributed by atoms with Gasteiger partial charge in [-0.2, -0.15) is 0 Å². The molecule has 1 heterocycles. The highest BCUT2D eigenvalue weighted by atomic mass is 32.1. The summed E-state index contributed by atoms with van der Waals surface area (Å²) in [6.07, 6.45) is 1.88. The van der Waals surface area contributed by atoms with Gasteiger partial charge < -0.3 is 9.64 Å². The molecule has 1 amide bonds. The number of rotatable bonds is 4. The summed E-state index contributed by atoms with van der Waals surface area (Å²) in [4.78, 5) is 15.9. The summed E-state index contributed by atoms with van der Waals surface area (Å²) in [5, 5.41) is 0.512. The predicted octanol–water partition coefficient (Wildman–Crippen LogP) is 3.30. The van der Waals surface area contributed by atoms with Crippen molar-refractivity contribution >= 4 is 29.3 Å². The molecule has 1 fully saturated rings. The second-order valence-corrected chi connectivity index (χ2v) is 5.89. The number of hydrogen-bond acceptors (Lipinski definition) is 3. The average molecular weight is 338 g/mol. The quantitative estimate of drug-likeness (QED) is 0.633. The number of likely N-dealkylation sites (N-methyl/N-ethyl adjacent to an activating group) is 1. The second-order valence-electron chi connectivity index (χ2n) is 5.52. The summed E-state index contributed by atoms with van der Waals surface area (Å²) in [6, 6.07) is 17.5. The zero-order chi connectivity index (χ0) is 17.1. The van der Waals surface area contributed by atoms with Crippen LogP contribution in [0.3, 0.4) is 0 Å². The van der Waals surface area contributed by atoms with E-state index in [1.165, 1.54) is 4.90 Å². The molecule has 2 aromatic rings. The van der Waals surface area contributed by atoms with Crippen molar-refractivity contribution in [2.75, 3.05) is 14.2 Å². The number of ether oxygens (including phenoxy) is 1. The van der Waals surface area contributed by atoms with Crippen LogP contribution < -0.4 is 4.74 Å². The van der Waals surface area contributed by atoms with Crippen molar-refractivity contribution in [3.63, 3.8) is 0 Å². The molecule has 0 unspecified atom stereocenters. The van der Waals surface area contributed by atoms with Gasteiger partial charge in [0, 0.05) is 7.05 Å². The Hall–Kier alpha value is -2.66. The van der Waals surface area contributed by atoms with Crippen LogP contribution in [0.4, 0.5) is 0 Å². The number of carbonyl (C=O) groups is 1. The number of nitrogens with zero attached hydrogens (tertiary/aromatic N) is 2. The van der Waals surface area contributed by atoms with Crippen molar-refractivity contribution in [3.05, 3.63) is 71.4 Å². The van der Waals surface area contributed by atoms with Crippen molar-refractivity contribution in [2.24, 2.45) is 0 Å². The molecule has 0 aromatic heterocycles. The third kappa shape index (κ3) is 3.16. The first-order valence-electron chi connectivity index (χ1n) is 7.59. The number of amides is 1. The Balaban J connectivity index is 1.91. The summed E-state index contributed by atoms with van der Waals surface area (Å²) in [5.74, 6) is 0.716. The molecular formula is C19H18N2O2S. The van der Waals surface area contributed by atoms with E-state index in [1.807, 2.05) is 65.6 Å². The van der Waals surface area contributed by atoms with E-state index in [0.29, 0.717) is 17.4 Å². The largest absolute Gasteiger partial charge is 0.497 e. The van der Waals surface area contributed by atoms with Crippen LogP contribution in [0.25, 0.3) is 6.08 Å². The van der Waals surface area contributed by atoms with Crippen molar-refractivity contribution in [1.82, 2.24) is 9.80 Å². The third-order valence-electron chi connectivity index (χ3n) is 3.94. The van der Waals surface area contributed by atoms with Gasteiger partial charge in [-0.15, -0.1) is 0 Å². The second kappa shape index (κ2) is 6.84.